The molecule has 3 rings (SSSR count). The van der Waals surface area contributed by atoms with Crippen molar-refractivity contribution in [2.24, 2.45) is 11.8 Å². The maximum absolute atomic E-state index is 11.8. The quantitative estimate of drug-likeness (QED) is 0.621. The standard InChI is InChI=1S/C10H13ClO3/c1-13-10-6-2-5(3-8(10)11)9(12)7(4-6)14-10/h5-8H,2-4H2,1H3/t5-,6-,7-,8+,10?/m1/s1. The van der Waals surface area contributed by atoms with Crippen LogP contribution in [0.25, 0.3) is 0 Å². The highest BCUT2D eigenvalue weighted by molar-refractivity contribution is 6.21. The van der Waals surface area contributed by atoms with Gasteiger partial charge in [0.05, 0.1) is 5.38 Å². The van der Waals surface area contributed by atoms with Crippen molar-refractivity contribution in [2.75, 3.05) is 7.11 Å². The Morgan fingerprint density at radius 2 is 2.29 bits per heavy atom. The molecule has 3 nitrogen and oxygen atoms in total. The first kappa shape index (κ1) is 9.13. The number of fused-ring (bicyclic) bond motifs is 2. The Labute approximate surface area is 87.7 Å². The molecule has 14 heavy (non-hydrogen) atoms. The average molecular weight is 217 g/mol. The molecule has 0 N–H and O–H groups in total. The smallest absolute Gasteiger partial charge is 0.188 e. The summed E-state index contributed by atoms with van der Waals surface area (Å²) in [7, 11) is 1.63. The first-order chi connectivity index (χ1) is 6.67. The number of Topliss-reactive ketones (excluding diaryl/α,β-unsaturated/α-hetero) is 1. The van der Waals surface area contributed by atoms with Crippen molar-refractivity contribution < 1.29 is 14.3 Å². The molecule has 0 amide bonds. The number of ketones is 1. The number of hydrogen-bond acceptors (Lipinski definition) is 3. The summed E-state index contributed by atoms with van der Waals surface area (Å²) in [6.07, 6.45) is 2.16. The molecular formula is C10H13ClO3. The summed E-state index contributed by atoms with van der Waals surface area (Å²) in [5, 5.41) is -0.173. The fraction of sp³-hybridized carbons (Fsp3) is 0.900. The minimum atomic E-state index is -0.672. The van der Waals surface area contributed by atoms with Crippen LogP contribution < -0.4 is 0 Å². The molecule has 1 aliphatic heterocycles. The normalized spacial score (nSPS) is 55.4. The van der Waals surface area contributed by atoms with Crippen molar-refractivity contribution in [1.82, 2.24) is 0 Å². The summed E-state index contributed by atoms with van der Waals surface area (Å²) in [5.74, 6) is 0.00122. The van der Waals surface area contributed by atoms with Crippen LogP contribution in [-0.4, -0.2) is 30.2 Å². The number of hydrogen-bond donors (Lipinski definition) is 0. The van der Waals surface area contributed by atoms with E-state index in [0.717, 1.165) is 12.8 Å². The van der Waals surface area contributed by atoms with E-state index in [1.54, 1.807) is 7.11 Å². The fourth-order valence-corrected chi connectivity index (χ4v) is 3.78. The molecule has 0 aromatic heterocycles. The summed E-state index contributed by atoms with van der Waals surface area (Å²) in [6.45, 7) is 0. The number of ether oxygens (including phenoxy) is 2. The predicted octanol–water partition coefficient (Wildman–Crippen LogP) is 1.33. The van der Waals surface area contributed by atoms with E-state index < -0.39 is 5.79 Å². The van der Waals surface area contributed by atoms with Crippen molar-refractivity contribution in [1.29, 1.82) is 0 Å². The third-order valence-electron chi connectivity index (χ3n) is 3.93. The van der Waals surface area contributed by atoms with E-state index in [0.29, 0.717) is 12.3 Å². The Morgan fingerprint density at radius 1 is 1.50 bits per heavy atom. The molecule has 4 heteroatoms. The van der Waals surface area contributed by atoms with Gasteiger partial charge in [-0.1, -0.05) is 0 Å². The number of methoxy groups -OCH3 is 1. The highest BCUT2D eigenvalue weighted by Crippen LogP contribution is 2.55. The molecule has 1 saturated heterocycles. The van der Waals surface area contributed by atoms with Crippen LogP contribution in [0.5, 0.6) is 0 Å². The van der Waals surface area contributed by atoms with Crippen molar-refractivity contribution in [3.63, 3.8) is 0 Å². The van der Waals surface area contributed by atoms with Gasteiger partial charge in [0.2, 0.25) is 0 Å². The lowest BCUT2D eigenvalue weighted by molar-refractivity contribution is -0.229. The van der Waals surface area contributed by atoms with Gasteiger partial charge in [-0.25, -0.2) is 0 Å². The molecule has 5 atom stereocenters. The average Bonchev–Trinajstić information content (AvgIpc) is 2.48. The molecule has 3 fully saturated rings. The van der Waals surface area contributed by atoms with E-state index in [9.17, 15) is 4.79 Å². The number of halogens is 1. The van der Waals surface area contributed by atoms with Crippen LogP contribution in [0.4, 0.5) is 0 Å². The molecule has 2 aliphatic carbocycles. The van der Waals surface area contributed by atoms with E-state index in [4.69, 9.17) is 21.1 Å². The maximum Gasteiger partial charge on any atom is 0.188 e. The van der Waals surface area contributed by atoms with E-state index in [2.05, 4.69) is 0 Å². The van der Waals surface area contributed by atoms with Gasteiger partial charge in [-0.2, -0.15) is 0 Å². The summed E-state index contributed by atoms with van der Waals surface area (Å²) < 4.78 is 11.2. The van der Waals surface area contributed by atoms with E-state index in [-0.39, 0.29) is 23.2 Å². The molecule has 0 aromatic rings. The van der Waals surface area contributed by atoms with Gasteiger partial charge >= 0.3 is 0 Å². The molecule has 78 valence electrons. The van der Waals surface area contributed by atoms with Crippen LogP contribution in [0, 0.1) is 11.8 Å². The molecular weight excluding hydrogens is 204 g/mol. The van der Waals surface area contributed by atoms with E-state index in [1.807, 2.05) is 0 Å². The van der Waals surface area contributed by atoms with Crippen LogP contribution in [0.1, 0.15) is 19.3 Å². The second-order valence-corrected chi connectivity index (χ2v) is 5.03. The lowest BCUT2D eigenvalue weighted by Gasteiger charge is -2.41. The summed E-state index contributed by atoms with van der Waals surface area (Å²) in [6, 6.07) is 0. The highest BCUT2D eigenvalue weighted by atomic mass is 35.5. The Kier molecular flexibility index (Phi) is 1.77. The molecule has 0 spiro atoms. The van der Waals surface area contributed by atoms with Gasteiger partial charge in [-0.3, -0.25) is 4.79 Å². The zero-order valence-corrected chi connectivity index (χ0v) is 8.79. The predicted molar refractivity (Wildman–Crippen MR) is 50.1 cm³/mol. The number of carbonyl (C=O) groups is 1. The van der Waals surface area contributed by atoms with Crippen molar-refractivity contribution in [3.05, 3.63) is 0 Å². The Morgan fingerprint density at radius 3 is 3.00 bits per heavy atom. The minimum Gasteiger partial charge on any atom is -0.351 e. The van der Waals surface area contributed by atoms with Gasteiger partial charge in [-0.05, 0) is 19.3 Å². The largest absolute Gasteiger partial charge is 0.351 e. The molecule has 3 bridgehead atoms. The minimum absolute atomic E-state index is 0.118. The van der Waals surface area contributed by atoms with Gasteiger partial charge in [0.15, 0.2) is 11.6 Å². The molecule has 3 aliphatic rings. The summed E-state index contributed by atoms with van der Waals surface area (Å²) in [4.78, 5) is 11.8. The lowest BCUT2D eigenvalue weighted by Crippen LogP contribution is -2.50. The Hall–Kier alpha value is -0.120. The van der Waals surface area contributed by atoms with Crippen LogP contribution >= 0.6 is 11.6 Å². The van der Waals surface area contributed by atoms with Crippen LogP contribution in [0.15, 0.2) is 0 Å². The van der Waals surface area contributed by atoms with Crippen molar-refractivity contribution in [3.8, 4) is 0 Å². The third-order valence-corrected chi connectivity index (χ3v) is 4.41. The molecule has 1 heterocycles. The van der Waals surface area contributed by atoms with Crippen LogP contribution in [0.3, 0.4) is 0 Å². The summed E-state index contributed by atoms with van der Waals surface area (Å²) in [5.41, 5.74) is 0. The maximum atomic E-state index is 11.8. The lowest BCUT2D eigenvalue weighted by atomic mass is 9.70. The second kappa shape index (κ2) is 2.71. The monoisotopic (exact) mass is 216 g/mol. The highest BCUT2D eigenvalue weighted by Gasteiger charge is 2.63. The van der Waals surface area contributed by atoms with E-state index >= 15 is 0 Å². The van der Waals surface area contributed by atoms with E-state index in [1.165, 1.54) is 0 Å². The fourth-order valence-electron chi connectivity index (χ4n) is 3.25. The van der Waals surface area contributed by atoms with Crippen LogP contribution in [-0.2, 0) is 14.3 Å². The van der Waals surface area contributed by atoms with Gasteiger partial charge in [-0.15, -0.1) is 11.6 Å². The van der Waals surface area contributed by atoms with Gasteiger partial charge in [0, 0.05) is 18.9 Å². The Bertz CT molecular complexity index is 291. The van der Waals surface area contributed by atoms with Crippen molar-refractivity contribution in [2.45, 2.75) is 36.5 Å². The molecule has 1 unspecified atom stereocenters. The number of carbonyl (C=O) groups excluding carboxylic acids is 1. The molecule has 0 radical (unpaired) electrons. The van der Waals surface area contributed by atoms with Gasteiger partial charge < -0.3 is 9.47 Å². The Balaban J connectivity index is 2.05. The van der Waals surface area contributed by atoms with Crippen LogP contribution in [0.2, 0.25) is 0 Å². The van der Waals surface area contributed by atoms with Crippen molar-refractivity contribution >= 4 is 17.4 Å². The zero-order chi connectivity index (χ0) is 9.92. The first-order valence-corrected chi connectivity index (χ1v) is 5.52. The first-order valence-electron chi connectivity index (χ1n) is 5.08. The third kappa shape index (κ3) is 0.884. The van der Waals surface area contributed by atoms with Gasteiger partial charge in [0.1, 0.15) is 6.10 Å². The summed E-state index contributed by atoms with van der Waals surface area (Å²) >= 11 is 6.26. The van der Waals surface area contributed by atoms with Gasteiger partial charge in [0.25, 0.3) is 0 Å². The number of rotatable bonds is 1. The second-order valence-electron chi connectivity index (χ2n) is 4.50. The molecule has 0 aromatic carbocycles. The number of alkyl halides is 1. The zero-order valence-electron chi connectivity index (χ0n) is 8.03. The SMILES string of the molecule is COC12O[C@@H]3C[C@H]1C[C@H](C[C@@H]2Cl)C3=O. The molecule has 2 saturated carbocycles. The topological polar surface area (TPSA) is 35.5 Å².